The van der Waals surface area contributed by atoms with E-state index in [1.165, 1.54) is 0 Å². The summed E-state index contributed by atoms with van der Waals surface area (Å²) >= 11 is 0. The van der Waals surface area contributed by atoms with E-state index in [2.05, 4.69) is 0 Å². The van der Waals surface area contributed by atoms with Crippen molar-refractivity contribution in [3.8, 4) is 0 Å². The first-order chi connectivity index (χ1) is 8.43. The van der Waals surface area contributed by atoms with Crippen molar-refractivity contribution in [2.24, 2.45) is 11.8 Å². The summed E-state index contributed by atoms with van der Waals surface area (Å²) in [5, 5.41) is 0. The van der Waals surface area contributed by atoms with E-state index < -0.39 is 55.7 Å². The summed E-state index contributed by atoms with van der Waals surface area (Å²) in [6, 6.07) is 0. The van der Waals surface area contributed by atoms with E-state index in [0.29, 0.717) is 0 Å². The zero-order chi connectivity index (χ0) is 15.0. The Balaban J connectivity index is 3.00. The quantitative estimate of drug-likeness (QED) is 0.521. The highest BCUT2D eigenvalue weighted by molar-refractivity contribution is 4.97. The van der Waals surface area contributed by atoms with Crippen LogP contribution < -0.4 is 0 Å². The van der Waals surface area contributed by atoms with Crippen molar-refractivity contribution in [1.29, 1.82) is 0 Å². The summed E-state index contributed by atoms with van der Waals surface area (Å²) in [6.07, 6.45) is -14.2. The molecule has 0 aliphatic carbocycles. The molecule has 1 nitrogen and oxygen atoms in total. The second kappa shape index (κ2) is 5.12. The summed E-state index contributed by atoms with van der Waals surface area (Å²) in [6.45, 7) is -2.50. The summed E-state index contributed by atoms with van der Waals surface area (Å²) in [4.78, 5) is -0.213. The van der Waals surface area contributed by atoms with Crippen LogP contribution in [0.1, 0.15) is 6.42 Å². The van der Waals surface area contributed by atoms with Crippen LogP contribution in [0, 0.1) is 11.8 Å². The van der Waals surface area contributed by atoms with E-state index >= 15 is 0 Å². The van der Waals surface area contributed by atoms with Gasteiger partial charge in [0.1, 0.15) is 0 Å². The molecule has 1 rings (SSSR count). The Morgan fingerprint density at radius 3 is 1.42 bits per heavy atom. The van der Waals surface area contributed by atoms with Crippen LogP contribution in [0.3, 0.4) is 0 Å². The molecule has 0 radical (unpaired) electrons. The average Bonchev–Trinajstić information content (AvgIpc) is 2.24. The number of hydrogen-bond donors (Lipinski definition) is 0. The Labute approximate surface area is 101 Å². The third-order valence-corrected chi connectivity index (χ3v) is 2.81. The van der Waals surface area contributed by atoms with Gasteiger partial charge in [0, 0.05) is 13.1 Å². The van der Waals surface area contributed by atoms with Gasteiger partial charge in [-0.1, -0.05) is 0 Å². The van der Waals surface area contributed by atoms with Crippen molar-refractivity contribution in [1.82, 2.24) is 4.90 Å². The maximum absolute atomic E-state index is 12.9. The Morgan fingerprint density at radius 2 is 1.16 bits per heavy atom. The van der Waals surface area contributed by atoms with Crippen LogP contribution in [0.5, 0.6) is 0 Å². The summed E-state index contributed by atoms with van der Waals surface area (Å²) in [5.41, 5.74) is 0. The number of hydrogen-bond acceptors (Lipinski definition) is 1. The fourth-order valence-corrected chi connectivity index (χ4v) is 1.85. The molecular weight excluding hydrogens is 293 g/mol. The molecule has 1 fully saturated rings. The van der Waals surface area contributed by atoms with Gasteiger partial charge in [-0.25, -0.2) is 0 Å². The van der Waals surface area contributed by atoms with Crippen molar-refractivity contribution in [2.45, 2.75) is 18.8 Å². The fraction of sp³-hybridized carbons (Fsp3) is 0.778. The number of likely N-dealkylation sites (tertiary alicyclic amines) is 1. The van der Waals surface area contributed by atoms with Crippen LogP contribution >= 0.6 is 0 Å². The van der Waals surface area contributed by atoms with Crippen LogP contribution in [0.4, 0.5) is 39.5 Å². The minimum absolute atomic E-state index is 0.213. The van der Waals surface area contributed by atoms with Crippen molar-refractivity contribution < 1.29 is 39.5 Å². The van der Waals surface area contributed by atoms with Gasteiger partial charge in [0.25, 0.3) is 5.95 Å². The predicted molar refractivity (Wildman–Crippen MR) is 45.6 cm³/mol. The Morgan fingerprint density at radius 1 is 0.789 bits per heavy atom. The number of rotatable bonds is 1. The largest absolute Gasteiger partial charge is 0.393 e. The lowest BCUT2D eigenvalue weighted by atomic mass is 9.88. The number of piperidine rings is 1. The molecule has 0 amide bonds. The first kappa shape index (κ1) is 16.0. The van der Waals surface area contributed by atoms with Crippen LogP contribution in [0.2, 0.25) is 0 Å². The molecule has 112 valence electrons. The van der Waals surface area contributed by atoms with E-state index in [1.54, 1.807) is 0 Å². The highest BCUT2D eigenvalue weighted by Crippen LogP contribution is 2.42. The van der Waals surface area contributed by atoms with Crippen molar-refractivity contribution in [3.63, 3.8) is 0 Å². The number of alkyl halides is 6. The maximum atomic E-state index is 12.9. The first-order valence-electron chi connectivity index (χ1n) is 5.02. The third kappa shape index (κ3) is 3.93. The summed E-state index contributed by atoms with van der Waals surface area (Å²) in [7, 11) is 0. The Kier molecular flexibility index (Phi) is 4.30. The highest BCUT2D eigenvalue weighted by atomic mass is 19.4. The second-order valence-corrected chi connectivity index (χ2v) is 4.17. The lowest BCUT2D eigenvalue weighted by Crippen LogP contribution is -2.48. The first-order valence-corrected chi connectivity index (χ1v) is 5.02. The molecule has 0 aromatic heterocycles. The molecule has 1 aliphatic heterocycles. The van der Waals surface area contributed by atoms with E-state index in [0.717, 1.165) is 0 Å². The lowest BCUT2D eigenvalue weighted by molar-refractivity contribution is -0.229. The van der Waals surface area contributed by atoms with Gasteiger partial charge >= 0.3 is 18.4 Å². The van der Waals surface area contributed by atoms with Crippen LogP contribution in [-0.4, -0.2) is 30.3 Å². The van der Waals surface area contributed by atoms with Gasteiger partial charge in [0.2, 0.25) is 0 Å². The molecular formula is C9H8F9N. The van der Waals surface area contributed by atoms with Gasteiger partial charge in [-0.05, 0) is 6.42 Å². The minimum atomic E-state index is -5.00. The van der Waals surface area contributed by atoms with Gasteiger partial charge in [0.05, 0.1) is 11.8 Å². The Bertz CT molecular complexity index is 330. The molecule has 0 spiro atoms. The topological polar surface area (TPSA) is 3.24 Å². The fourth-order valence-electron chi connectivity index (χ4n) is 1.85. The molecule has 1 saturated heterocycles. The lowest BCUT2D eigenvalue weighted by Gasteiger charge is -2.38. The molecule has 1 aliphatic rings. The predicted octanol–water partition coefficient (Wildman–Crippen LogP) is 4.08. The molecule has 0 N–H and O–H groups in total. The normalized spacial score (nSPS) is 25.4. The minimum Gasteiger partial charge on any atom is -0.343 e. The zero-order valence-electron chi connectivity index (χ0n) is 9.12. The molecule has 2 unspecified atom stereocenters. The standard InChI is InChI=1S/C9H8F9N/c10-6(11)7(12)19-2-4(8(13,14)15)1-5(3-19)9(16,17)18/h4-5H,1-3H2. The average molecular weight is 301 g/mol. The van der Waals surface area contributed by atoms with E-state index in [4.69, 9.17) is 0 Å². The van der Waals surface area contributed by atoms with Gasteiger partial charge in [-0.15, -0.1) is 0 Å². The van der Waals surface area contributed by atoms with Crippen molar-refractivity contribution >= 4 is 0 Å². The second-order valence-electron chi connectivity index (χ2n) is 4.17. The molecule has 0 aromatic rings. The monoisotopic (exact) mass is 301 g/mol. The van der Waals surface area contributed by atoms with Gasteiger partial charge in [-0.3, -0.25) is 0 Å². The Hall–Kier alpha value is -1.09. The van der Waals surface area contributed by atoms with Gasteiger partial charge < -0.3 is 4.90 Å². The van der Waals surface area contributed by atoms with Crippen molar-refractivity contribution in [2.75, 3.05) is 13.1 Å². The molecule has 2 atom stereocenters. The van der Waals surface area contributed by atoms with Gasteiger partial charge in [-0.2, -0.15) is 39.5 Å². The molecule has 0 bridgehead atoms. The SMILES string of the molecule is FC(F)=C(F)N1CC(C(F)(F)F)CC(C(F)(F)F)C1. The van der Waals surface area contributed by atoms with E-state index in [9.17, 15) is 39.5 Å². The molecule has 19 heavy (non-hydrogen) atoms. The van der Waals surface area contributed by atoms with E-state index in [1.807, 2.05) is 0 Å². The molecule has 10 heteroatoms. The maximum Gasteiger partial charge on any atom is 0.393 e. The zero-order valence-corrected chi connectivity index (χ0v) is 9.12. The molecule has 0 saturated carbocycles. The number of halogens is 9. The number of nitrogens with zero attached hydrogens (tertiary/aromatic N) is 1. The highest BCUT2D eigenvalue weighted by Gasteiger charge is 2.52. The van der Waals surface area contributed by atoms with Crippen LogP contribution in [-0.2, 0) is 0 Å². The molecule has 0 aromatic carbocycles. The third-order valence-electron chi connectivity index (χ3n) is 2.81. The smallest absolute Gasteiger partial charge is 0.343 e. The van der Waals surface area contributed by atoms with Crippen LogP contribution in [0.25, 0.3) is 0 Å². The summed E-state index contributed by atoms with van der Waals surface area (Å²) < 4.78 is 111. The van der Waals surface area contributed by atoms with Gasteiger partial charge in [0.15, 0.2) is 0 Å². The van der Waals surface area contributed by atoms with E-state index in [-0.39, 0.29) is 4.90 Å². The summed E-state index contributed by atoms with van der Waals surface area (Å²) in [5.74, 6) is -7.35. The molecule has 1 heterocycles. The van der Waals surface area contributed by atoms with Crippen molar-refractivity contribution in [3.05, 3.63) is 12.0 Å². The van der Waals surface area contributed by atoms with Crippen LogP contribution in [0.15, 0.2) is 12.0 Å².